The molecule has 2 rings (SSSR count). The highest BCUT2D eigenvalue weighted by Gasteiger charge is 2.10. The number of aromatic carboxylic acids is 1. The van der Waals surface area contributed by atoms with Crippen LogP contribution in [0, 0.1) is 22.7 Å². The number of aromatic nitrogens is 1. The molecule has 0 saturated heterocycles. The topological polar surface area (TPSA) is 110 Å². The Morgan fingerprint density at radius 1 is 1.25 bits per heavy atom. The standard InChI is InChI=1S/C14H8N4O2/c15-5-9(6-16)7-18-13-2-1-11(14(19)20)10-3-4-17-8-12(10)13/h1-4,7-8,18H,(H,19,20). The molecule has 0 aliphatic heterocycles. The van der Waals surface area contributed by atoms with E-state index < -0.39 is 5.97 Å². The molecule has 1 heterocycles. The number of carbonyl (C=O) groups is 1. The minimum absolute atomic E-state index is 0.0793. The van der Waals surface area contributed by atoms with Gasteiger partial charge in [0.15, 0.2) is 0 Å². The number of nitrogens with zero attached hydrogens (tertiary/aromatic N) is 3. The summed E-state index contributed by atoms with van der Waals surface area (Å²) in [7, 11) is 0. The number of pyridine rings is 1. The van der Waals surface area contributed by atoms with Crippen molar-refractivity contribution in [2.75, 3.05) is 5.32 Å². The lowest BCUT2D eigenvalue weighted by atomic mass is 10.0. The van der Waals surface area contributed by atoms with Gasteiger partial charge in [0.2, 0.25) is 0 Å². The number of carboxylic acids is 1. The number of benzene rings is 1. The molecule has 0 unspecified atom stereocenters. The summed E-state index contributed by atoms with van der Waals surface area (Å²) in [6.07, 6.45) is 4.29. The van der Waals surface area contributed by atoms with E-state index in [1.807, 2.05) is 0 Å². The molecule has 0 fully saturated rings. The van der Waals surface area contributed by atoms with Crippen LogP contribution in [0.25, 0.3) is 10.8 Å². The van der Waals surface area contributed by atoms with Gasteiger partial charge < -0.3 is 10.4 Å². The predicted molar refractivity (Wildman–Crippen MR) is 71.6 cm³/mol. The van der Waals surface area contributed by atoms with Crippen molar-refractivity contribution >= 4 is 22.4 Å². The third kappa shape index (κ3) is 2.40. The number of hydrogen-bond acceptors (Lipinski definition) is 5. The number of nitrogens with one attached hydrogen (secondary N) is 1. The van der Waals surface area contributed by atoms with Crippen LogP contribution in [0.2, 0.25) is 0 Å². The Morgan fingerprint density at radius 2 is 2.00 bits per heavy atom. The van der Waals surface area contributed by atoms with Crippen molar-refractivity contribution in [3.63, 3.8) is 0 Å². The third-order valence-electron chi connectivity index (χ3n) is 2.66. The normalized spacial score (nSPS) is 9.30. The van der Waals surface area contributed by atoms with Gasteiger partial charge in [0.05, 0.1) is 5.56 Å². The van der Waals surface area contributed by atoms with Crippen molar-refractivity contribution < 1.29 is 9.90 Å². The van der Waals surface area contributed by atoms with Crippen molar-refractivity contribution in [2.24, 2.45) is 0 Å². The van der Waals surface area contributed by atoms with Gasteiger partial charge in [-0.3, -0.25) is 4.98 Å². The maximum Gasteiger partial charge on any atom is 0.336 e. The van der Waals surface area contributed by atoms with E-state index in [0.29, 0.717) is 16.5 Å². The highest BCUT2D eigenvalue weighted by Crippen LogP contribution is 2.26. The van der Waals surface area contributed by atoms with E-state index in [4.69, 9.17) is 15.6 Å². The van der Waals surface area contributed by atoms with Crippen molar-refractivity contribution in [1.29, 1.82) is 10.5 Å². The Hall–Kier alpha value is -3.38. The first kappa shape index (κ1) is 13.1. The first-order valence-corrected chi connectivity index (χ1v) is 5.54. The van der Waals surface area contributed by atoms with Gasteiger partial charge in [0, 0.05) is 35.1 Å². The number of anilines is 1. The average Bonchev–Trinajstić information content (AvgIpc) is 2.47. The molecule has 6 nitrogen and oxygen atoms in total. The van der Waals surface area contributed by atoms with Gasteiger partial charge in [0.1, 0.15) is 17.7 Å². The molecule has 2 N–H and O–H groups in total. The Morgan fingerprint density at radius 3 is 2.65 bits per heavy atom. The van der Waals surface area contributed by atoms with Crippen LogP contribution in [0.1, 0.15) is 10.4 Å². The van der Waals surface area contributed by atoms with Gasteiger partial charge >= 0.3 is 5.97 Å². The van der Waals surface area contributed by atoms with Crippen molar-refractivity contribution in [1.82, 2.24) is 4.98 Å². The van der Waals surface area contributed by atoms with Gasteiger partial charge in [0.25, 0.3) is 0 Å². The van der Waals surface area contributed by atoms with Crippen LogP contribution < -0.4 is 5.32 Å². The molecule has 0 amide bonds. The summed E-state index contributed by atoms with van der Waals surface area (Å²) in [5.41, 5.74) is 0.656. The zero-order valence-corrected chi connectivity index (χ0v) is 10.2. The molecule has 0 atom stereocenters. The Bertz CT molecular complexity index is 781. The quantitative estimate of drug-likeness (QED) is 0.823. The van der Waals surface area contributed by atoms with Crippen LogP contribution >= 0.6 is 0 Å². The number of hydrogen-bond donors (Lipinski definition) is 2. The summed E-state index contributed by atoms with van der Waals surface area (Å²) in [4.78, 5) is 15.1. The molecule has 96 valence electrons. The molecule has 1 aromatic heterocycles. The number of carboxylic acid groups (broad SMARTS) is 1. The van der Waals surface area contributed by atoms with Gasteiger partial charge in [-0.05, 0) is 18.2 Å². The van der Waals surface area contributed by atoms with Crippen LogP contribution in [0.4, 0.5) is 5.69 Å². The van der Waals surface area contributed by atoms with E-state index >= 15 is 0 Å². The van der Waals surface area contributed by atoms with Gasteiger partial charge in [-0.2, -0.15) is 10.5 Å². The molecule has 0 radical (unpaired) electrons. The predicted octanol–water partition coefficient (Wildman–Crippen LogP) is 2.28. The van der Waals surface area contributed by atoms with E-state index in [0.717, 1.165) is 0 Å². The Balaban J connectivity index is 2.55. The molecule has 0 bridgehead atoms. The fraction of sp³-hybridized carbons (Fsp3) is 0. The molecule has 1 aromatic carbocycles. The van der Waals surface area contributed by atoms with Crippen molar-refractivity contribution in [3.05, 3.63) is 47.9 Å². The van der Waals surface area contributed by atoms with Crippen LogP contribution in [-0.4, -0.2) is 16.1 Å². The van der Waals surface area contributed by atoms with Gasteiger partial charge in [-0.1, -0.05) is 0 Å². The first-order chi connectivity index (χ1) is 9.67. The second-order valence-electron chi connectivity index (χ2n) is 3.81. The minimum Gasteiger partial charge on any atom is -0.478 e. The molecule has 20 heavy (non-hydrogen) atoms. The zero-order chi connectivity index (χ0) is 14.5. The monoisotopic (exact) mass is 264 g/mol. The summed E-state index contributed by atoms with van der Waals surface area (Å²) in [5, 5.41) is 30.4. The second-order valence-corrected chi connectivity index (χ2v) is 3.81. The molecule has 6 heteroatoms. The SMILES string of the molecule is N#CC(C#N)=CNc1ccc(C(=O)O)c2ccncc12. The van der Waals surface area contributed by atoms with Crippen molar-refractivity contribution in [2.45, 2.75) is 0 Å². The minimum atomic E-state index is -1.03. The smallest absolute Gasteiger partial charge is 0.336 e. The van der Waals surface area contributed by atoms with Crippen molar-refractivity contribution in [3.8, 4) is 12.1 Å². The fourth-order valence-corrected chi connectivity index (χ4v) is 1.74. The summed E-state index contributed by atoms with van der Waals surface area (Å²) >= 11 is 0. The molecule has 0 aliphatic rings. The summed E-state index contributed by atoms with van der Waals surface area (Å²) in [6.45, 7) is 0. The van der Waals surface area contributed by atoms with Crippen LogP contribution in [-0.2, 0) is 0 Å². The average molecular weight is 264 g/mol. The fourth-order valence-electron chi connectivity index (χ4n) is 1.74. The van der Waals surface area contributed by atoms with Gasteiger partial charge in [-0.25, -0.2) is 4.79 Å². The zero-order valence-electron chi connectivity index (χ0n) is 10.2. The lowest BCUT2D eigenvalue weighted by Crippen LogP contribution is -2.00. The highest BCUT2D eigenvalue weighted by atomic mass is 16.4. The summed E-state index contributed by atoms with van der Waals surface area (Å²) in [6, 6.07) is 8.08. The lowest BCUT2D eigenvalue weighted by molar-refractivity contribution is 0.0699. The molecular formula is C14H8N4O2. The molecule has 0 saturated carbocycles. The Labute approximate surface area is 114 Å². The molecule has 0 spiro atoms. The largest absolute Gasteiger partial charge is 0.478 e. The molecule has 0 aliphatic carbocycles. The lowest BCUT2D eigenvalue weighted by Gasteiger charge is -2.08. The van der Waals surface area contributed by atoms with E-state index in [1.165, 1.54) is 24.7 Å². The summed E-state index contributed by atoms with van der Waals surface area (Å²) in [5.74, 6) is -1.03. The summed E-state index contributed by atoms with van der Waals surface area (Å²) < 4.78 is 0. The van der Waals surface area contributed by atoms with Crippen LogP contribution in [0.15, 0.2) is 42.4 Å². The van der Waals surface area contributed by atoms with E-state index in [1.54, 1.807) is 24.3 Å². The maximum atomic E-state index is 11.1. The number of allylic oxidation sites excluding steroid dienone is 1. The number of rotatable bonds is 3. The van der Waals surface area contributed by atoms with Crippen LogP contribution in [0.3, 0.4) is 0 Å². The third-order valence-corrected chi connectivity index (χ3v) is 2.66. The van der Waals surface area contributed by atoms with E-state index in [9.17, 15) is 4.79 Å². The second kappa shape index (κ2) is 5.51. The van der Waals surface area contributed by atoms with Crippen LogP contribution in [0.5, 0.6) is 0 Å². The van der Waals surface area contributed by atoms with E-state index in [-0.39, 0.29) is 11.1 Å². The maximum absolute atomic E-state index is 11.1. The Kier molecular flexibility index (Phi) is 3.60. The highest BCUT2D eigenvalue weighted by molar-refractivity contribution is 6.07. The van der Waals surface area contributed by atoms with E-state index in [2.05, 4.69) is 10.3 Å². The molecule has 2 aromatic rings. The number of nitriles is 2. The number of fused-ring (bicyclic) bond motifs is 1. The van der Waals surface area contributed by atoms with Gasteiger partial charge in [-0.15, -0.1) is 0 Å². The molecular weight excluding hydrogens is 256 g/mol. The first-order valence-electron chi connectivity index (χ1n) is 5.54.